The van der Waals surface area contributed by atoms with Crippen molar-refractivity contribution in [1.29, 1.82) is 0 Å². The summed E-state index contributed by atoms with van der Waals surface area (Å²) in [6.07, 6.45) is 12.1. The predicted octanol–water partition coefficient (Wildman–Crippen LogP) is 1.78. The Morgan fingerprint density at radius 1 is 1.04 bits per heavy atom. The quantitative estimate of drug-likeness (QED) is 0.837. The average Bonchev–Trinajstić information content (AvgIpc) is 3.30. The highest BCUT2D eigenvalue weighted by Crippen LogP contribution is 2.32. The first-order chi connectivity index (χ1) is 12.2. The number of rotatable bonds is 3. The highest BCUT2D eigenvalue weighted by molar-refractivity contribution is 5.80. The van der Waals surface area contributed by atoms with Crippen molar-refractivity contribution in [3.8, 4) is 0 Å². The number of piperidine rings is 1. The first-order valence-corrected chi connectivity index (χ1v) is 9.76. The minimum atomic E-state index is 0.100. The molecule has 0 N–H and O–H groups in total. The van der Waals surface area contributed by atoms with Gasteiger partial charge in [0.05, 0.1) is 12.1 Å². The standard InChI is InChI=1S/C19H29N5O/c1-22-10-3-6-16(22)17-7-4-12-24(17)19(25)15-5-2-11-23(14-15)18-13-20-8-9-21-18/h8-9,13,15-17H,2-7,10-12,14H2,1H3/t15-,16+,17-/m0/s1. The largest absolute Gasteiger partial charge is 0.355 e. The van der Waals surface area contributed by atoms with E-state index in [-0.39, 0.29) is 5.92 Å². The van der Waals surface area contributed by atoms with Crippen LogP contribution in [0.1, 0.15) is 38.5 Å². The fourth-order valence-corrected chi connectivity index (χ4v) is 4.96. The number of anilines is 1. The molecule has 4 rings (SSSR count). The van der Waals surface area contributed by atoms with Crippen molar-refractivity contribution >= 4 is 11.7 Å². The summed E-state index contributed by atoms with van der Waals surface area (Å²) in [4.78, 5) is 28.8. The van der Waals surface area contributed by atoms with Crippen molar-refractivity contribution in [3.63, 3.8) is 0 Å². The van der Waals surface area contributed by atoms with Crippen LogP contribution in [0, 0.1) is 5.92 Å². The lowest BCUT2D eigenvalue weighted by molar-refractivity contribution is -0.137. The van der Waals surface area contributed by atoms with Crippen LogP contribution < -0.4 is 4.90 Å². The fourth-order valence-electron chi connectivity index (χ4n) is 4.96. The molecule has 1 amide bonds. The summed E-state index contributed by atoms with van der Waals surface area (Å²) in [5.41, 5.74) is 0. The van der Waals surface area contributed by atoms with Gasteiger partial charge in [-0.2, -0.15) is 0 Å². The van der Waals surface area contributed by atoms with E-state index in [4.69, 9.17) is 0 Å². The number of aromatic nitrogens is 2. The Balaban J connectivity index is 1.44. The summed E-state index contributed by atoms with van der Waals surface area (Å²) < 4.78 is 0. The van der Waals surface area contributed by atoms with E-state index < -0.39 is 0 Å². The zero-order valence-corrected chi connectivity index (χ0v) is 15.2. The van der Waals surface area contributed by atoms with E-state index in [1.165, 1.54) is 25.8 Å². The van der Waals surface area contributed by atoms with Gasteiger partial charge < -0.3 is 14.7 Å². The molecule has 3 atom stereocenters. The van der Waals surface area contributed by atoms with Crippen LogP contribution in [-0.4, -0.2) is 71.0 Å². The Morgan fingerprint density at radius 2 is 1.84 bits per heavy atom. The molecule has 0 saturated carbocycles. The van der Waals surface area contributed by atoms with Gasteiger partial charge in [-0.3, -0.25) is 9.78 Å². The third kappa shape index (κ3) is 3.36. The van der Waals surface area contributed by atoms with E-state index in [1.54, 1.807) is 18.6 Å². The summed E-state index contributed by atoms with van der Waals surface area (Å²) in [6.45, 7) is 3.86. The molecule has 0 radical (unpaired) electrons. The minimum absolute atomic E-state index is 0.100. The predicted molar refractivity (Wildman–Crippen MR) is 97.4 cm³/mol. The molecule has 1 aromatic heterocycles. The Morgan fingerprint density at radius 3 is 2.60 bits per heavy atom. The molecule has 3 saturated heterocycles. The lowest BCUT2D eigenvalue weighted by Crippen LogP contribution is -2.51. The number of carbonyl (C=O) groups is 1. The molecule has 3 fully saturated rings. The third-order valence-electron chi connectivity index (χ3n) is 6.25. The normalized spacial score (nSPS) is 30.8. The SMILES string of the molecule is CN1CCC[C@@H]1[C@@H]1CCCN1C(=O)[C@H]1CCCN(c2cnccn2)C1. The van der Waals surface area contributed by atoms with Gasteiger partial charge in [0.25, 0.3) is 0 Å². The van der Waals surface area contributed by atoms with Gasteiger partial charge >= 0.3 is 0 Å². The lowest BCUT2D eigenvalue weighted by Gasteiger charge is -2.38. The molecule has 136 valence electrons. The maximum Gasteiger partial charge on any atom is 0.227 e. The van der Waals surface area contributed by atoms with E-state index in [1.807, 2.05) is 0 Å². The second kappa shape index (κ2) is 7.28. The topological polar surface area (TPSA) is 52.6 Å². The molecule has 6 heteroatoms. The van der Waals surface area contributed by atoms with Crippen LogP contribution in [-0.2, 0) is 4.79 Å². The van der Waals surface area contributed by atoms with Gasteiger partial charge in [-0.25, -0.2) is 4.98 Å². The summed E-state index contributed by atoms with van der Waals surface area (Å²) in [7, 11) is 2.22. The van der Waals surface area contributed by atoms with Crippen LogP contribution in [0.5, 0.6) is 0 Å². The number of likely N-dealkylation sites (tertiary alicyclic amines) is 2. The molecule has 0 bridgehead atoms. The number of likely N-dealkylation sites (N-methyl/N-ethyl adjacent to an activating group) is 1. The molecule has 1 aromatic rings. The van der Waals surface area contributed by atoms with Crippen molar-refractivity contribution < 1.29 is 4.79 Å². The number of amides is 1. The van der Waals surface area contributed by atoms with E-state index in [9.17, 15) is 4.79 Å². The van der Waals surface area contributed by atoms with Crippen molar-refractivity contribution in [1.82, 2.24) is 19.8 Å². The molecule has 0 unspecified atom stereocenters. The minimum Gasteiger partial charge on any atom is -0.355 e. The lowest BCUT2D eigenvalue weighted by atomic mass is 9.95. The molecule has 3 aliphatic heterocycles. The van der Waals surface area contributed by atoms with E-state index in [0.29, 0.717) is 18.0 Å². The third-order valence-corrected chi connectivity index (χ3v) is 6.25. The van der Waals surface area contributed by atoms with E-state index in [0.717, 1.165) is 44.7 Å². The molecular weight excluding hydrogens is 314 g/mol. The smallest absolute Gasteiger partial charge is 0.227 e. The highest BCUT2D eigenvalue weighted by atomic mass is 16.2. The monoisotopic (exact) mass is 343 g/mol. The maximum absolute atomic E-state index is 13.3. The molecular formula is C19H29N5O. The van der Waals surface area contributed by atoms with E-state index in [2.05, 4.69) is 31.7 Å². The van der Waals surface area contributed by atoms with Gasteiger partial charge in [0.1, 0.15) is 5.82 Å². The van der Waals surface area contributed by atoms with Crippen molar-refractivity contribution in [2.45, 2.75) is 50.6 Å². The molecule has 3 aliphatic rings. The van der Waals surface area contributed by atoms with Gasteiger partial charge in [-0.05, 0) is 52.1 Å². The molecule has 0 spiro atoms. The fraction of sp³-hybridized carbons (Fsp3) is 0.737. The summed E-state index contributed by atoms with van der Waals surface area (Å²) in [6, 6.07) is 0.984. The molecule has 6 nitrogen and oxygen atoms in total. The van der Waals surface area contributed by atoms with Gasteiger partial charge in [0.15, 0.2) is 0 Å². The number of hydrogen-bond acceptors (Lipinski definition) is 5. The Hall–Kier alpha value is -1.69. The Bertz CT molecular complexity index is 595. The molecule has 25 heavy (non-hydrogen) atoms. The van der Waals surface area contributed by atoms with Gasteiger partial charge in [-0.1, -0.05) is 0 Å². The maximum atomic E-state index is 13.3. The number of carbonyl (C=O) groups excluding carboxylic acids is 1. The first kappa shape index (κ1) is 16.8. The summed E-state index contributed by atoms with van der Waals surface area (Å²) in [5.74, 6) is 1.37. The van der Waals surface area contributed by atoms with Crippen molar-refractivity contribution in [2.75, 3.05) is 38.1 Å². The van der Waals surface area contributed by atoms with Crippen LogP contribution in [0.25, 0.3) is 0 Å². The second-order valence-electron chi connectivity index (χ2n) is 7.78. The second-order valence-corrected chi connectivity index (χ2v) is 7.78. The first-order valence-electron chi connectivity index (χ1n) is 9.76. The van der Waals surface area contributed by atoms with Gasteiger partial charge in [-0.15, -0.1) is 0 Å². The highest BCUT2D eigenvalue weighted by Gasteiger charge is 2.41. The van der Waals surface area contributed by atoms with Crippen molar-refractivity contribution in [2.24, 2.45) is 5.92 Å². The van der Waals surface area contributed by atoms with Crippen molar-refractivity contribution in [3.05, 3.63) is 18.6 Å². The van der Waals surface area contributed by atoms with Crippen LogP contribution in [0.2, 0.25) is 0 Å². The Kier molecular flexibility index (Phi) is 4.88. The number of hydrogen-bond donors (Lipinski definition) is 0. The number of nitrogens with zero attached hydrogens (tertiary/aromatic N) is 5. The summed E-state index contributed by atoms with van der Waals surface area (Å²) in [5, 5.41) is 0. The van der Waals surface area contributed by atoms with Gasteiger partial charge in [0.2, 0.25) is 5.91 Å². The Labute approximate surface area is 150 Å². The van der Waals surface area contributed by atoms with Crippen LogP contribution in [0.15, 0.2) is 18.6 Å². The van der Waals surface area contributed by atoms with Crippen LogP contribution >= 0.6 is 0 Å². The van der Waals surface area contributed by atoms with Gasteiger partial charge in [0, 0.05) is 44.1 Å². The van der Waals surface area contributed by atoms with Crippen LogP contribution in [0.4, 0.5) is 5.82 Å². The molecule has 0 aromatic carbocycles. The zero-order chi connectivity index (χ0) is 17.2. The van der Waals surface area contributed by atoms with Crippen LogP contribution in [0.3, 0.4) is 0 Å². The van der Waals surface area contributed by atoms with E-state index >= 15 is 0 Å². The molecule has 0 aliphatic carbocycles. The summed E-state index contributed by atoms with van der Waals surface area (Å²) >= 11 is 0. The average molecular weight is 343 g/mol. The zero-order valence-electron chi connectivity index (χ0n) is 15.2. The molecule has 4 heterocycles.